The van der Waals surface area contributed by atoms with Crippen molar-refractivity contribution in [2.45, 2.75) is 51.2 Å². The molecule has 0 saturated heterocycles. The third-order valence-corrected chi connectivity index (χ3v) is 4.67. The van der Waals surface area contributed by atoms with Crippen molar-refractivity contribution in [1.29, 1.82) is 0 Å². The lowest BCUT2D eigenvalue weighted by molar-refractivity contribution is -0.118. The molecule has 3 N–H and O–H groups in total. The Labute approximate surface area is 153 Å². The highest BCUT2D eigenvalue weighted by molar-refractivity contribution is 5.89. The molecule has 1 aromatic carbocycles. The molecule has 138 valence electrons. The molecule has 7 nitrogen and oxygen atoms in total. The van der Waals surface area contributed by atoms with Crippen molar-refractivity contribution in [2.75, 3.05) is 5.32 Å². The van der Waals surface area contributed by atoms with E-state index in [1.54, 1.807) is 6.20 Å². The van der Waals surface area contributed by atoms with E-state index in [9.17, 15) is 9.59 Å². The quantitative estimate of drug-likeness (QED) is 0.834. The molecule has 0 atom stereocenters. The number of nitrogens with zero attached hydrogens (tertiary/aromatic N) is 3. The molecule has 3 amide bonds. The zero-order chi connectivity index (χ0) is 18.4. The second-order valence-corrected chi connectivity index (χ2v) is 6.73. The molecule has 26 heavy (non-hydrogen) atoms. The summed E-state index contributed by atoms with van der Waals surface area (Å²) < 4.78 is 1.42. The number of amides is 3. The van der Waals surface area contributed by atoms with Gasteiger partial charge in [-0.15, -0.1) is 0 Å². The van der Waals surface area contributed by atoms with Crippen molar-refractivity contribution in [2.24, 2.45) is 5.73 Å². The van der Waals surface area contributed by atoms with Crippen molar-refractivity contribution in [3.8, 4) is 0 Å². The molecule has 1 saturated carbocycles. The smallest absolute Gasteiger partial charge is 0.322 e. The fraction of sp³-hybridized carbons (Fsp3) is 0.421. The number of urea groups is 1. The van der Waals surface area contributed by atoms with Gasteiger partial charge in [-0.25, -0.2) is 4.79 Å². The average molecular weight is 355 g/mol. The zero-order valence-corrected chi connectivity index (χ0v) is 14.8. The van der Waals surface area contributed by atoms with E-state index in [1.165, 1.54) is 17.3 Å². The first-order chi connectivity index (χ1) is 12.6. The van der Waals surface area contributed by atoms with Crippen LogP contribution in [0.4, 0.5) is 10.5 Å². The first kappa shape index (κ1) is 18.0. The highest BCUT2D eigenvalue weighted by Crippen LogP contribution is 2.25. The van der Waals surface area contributed by atoms with Gasteiger partial charge >= 0.3 is 6.03 Å². The van der Waals surface area contributed by atoms with Gasteiger partial charge in [0.15, 0.2) is 0 Å². The fourth-order valence-electron chi connectivity index (χ4n) is 3.41. The molecule has 1 heterocycles. The number of rotatable bonds is 6. The van der Waals surface area contributed by atoms with Crippen molar-refractivity contribution in [3.05, 3.63) is 48.3 Å². The molecule has 1 aliphatic carbocycles. The number of primary amides is 1. The number of hydrogen-bond donors (Lipinski definition) is 2. The van der Waals surface area contributed by atoms with Gasteiger partial charge in [-0.3, -0.25) is 9.48 Å². The third-order valence-electron chi connectivity index (χ3n) is 4.67. The van der Waals surface area contributed by atoms with E-state index < -0.39 is 5.91 Å². The van der Waals surface area contributed by atoms with Crippen LogP contribution in [0.15, 0.2) is 42.7 Å². The topological polar surface area (TPSA) is 93.2 Å². The van der Waals surface area contributed by atoms with E-state index in [-0.39, 0.29) is 18.6 Å². The molecular weight excluding hydrogens is 330 g/mol. The number of carbonyl (C=O) groups is 2. The second-order valence-electron chi connectivity index (χ2n) is 6.73. The maximum Gasteiger partial charge on any atom is 0.322 e. The summed E-state index contributed by atoms with van der Waals surface area (Å²) in [6.07, 6.45) is 8.74. The minimum Gasteiger partial charge on any atom is -0.368 e. The van der Waals surface area contributed by atoms with E-state index in [1.807, 2.05) is 35.2 Å². The zero-order valence-electron chi connectivity index (χ0n) is 14.8. The summed E-state index contributed by atoms with van der Waals surface area (Å²) in [5.74, 6) is -0.473. The molecule has 1 aromatic heterocycles. The summed E-state index contributed by atoms with van der Waals surface area (Å²) in [6.45, 7) is 0.568. The lowest BCUT2D eigenvalue weighted by Crippen LogP contribution is -2.43. The monoisotopic (exact) mass is 355 g/mol. The Morgan fingerprint density at radius 3 is 2.62 bits per heavy atom. The van der Waals surface area contributed by atoms with Crippen LogP contribution in [0, 0.1) is 0 Å². The van der Waals surface area contributed by atoms with Gasteiger partial charge in [-0.1, -0.05) is 49.6 Å². The minimum atomic E-state index is -0.473. The van der Waals surface area contributed by atoms with Crippen LogP contribution in [-0.4, -0.2) is 32.7 Å². The predicted octanol–water partition coefficient (Wildman–Crippen LogP) is 2.74. The van der Waals surface area contributed by atoms with Crippen LogP contribution in [0.25, 0.3) is 0 Å². The van der Waals surface area contributed by atoms with Gasteiger partial charge < -0.3 is 16.0 Å². The van der Waals surface area contributed by atoms with Crippen LogP contribution >= 0.6 is 0 Å². The molecule has 0 unspecified atom stereocenters. The maximum atomic E-state index is 12.9. The highest BCUT2D eigenvalue weighted by atomic mass is 16.2. The molecule has 1 fully saturated rings. The molecule has 3 rings (SSSR count). The van der Waals surface area contributed by atoms with Crippen LogP contribution in [-0.2, 0) is 17.9 Å². The minimum absolute atomic E-state index is 0.00771. The van der Waals surface area contributed by atoms with E-state index in [0.717, 1.165) is 31.2 Å². The normalized spacial score (nSPS) is 14.8. The van der Waals surface area contributed by atoms with E-state index in [2.05, 4.69) is 10.4 Å². The van der Waals surface area contributed by atoms with Gasteiger partial charge in [0.1, 0.15) is 6.54 Å². The summed E-state index contributed by atoms with van der Waals surface area (Å²) in [6, 6.07) is 10.1. The number of carbonyl (C=O) groups excluding carboxylic acids is 2. The van der Waals surface area contributed by atoms with Crippen LogP contribution in [0.3, 0.4) is 0 Å². The van der Waals surface area contributed by atoms with Crippen molar-refractivity contribution in [3.63, 3.8) is 0 Å². The summed E-state index contributed by atoms with van der Waals surface area (Å²) >= 11 is 0. The van der Waals surface area contributed by atoms with Crippen molar-refractivity contribution < 1.29 is 9.59 Å². The Hall–Kier alpha value is -2.83. The molecule has 0 radical (unpaired) electrons. The van der Waals surface area contributed by atoms with Crippen LogP contribution in [0.1, 0.15) is 37.7 Å². The number of benzene rings is 1. The average Bonchev–Trinajstić information content (AvgIpc) is 3.07. The van der Waals surface area contributed by atoms with E-state index in [4.69, 9.17) is 5.73 Å². The lowest BCUT2D eigenvalue weighted by Gasteiger charge is -2.34. The van der Waals surface area contributed by atoms with E-state index >= 15 is 0 Å². The van der Waals surface area contributed by atoms with Crippen molar-refractivity contribution >= 4 is 17.6 Å². The van der Waals surface area contributed by atoms with Crippen LogP contribution < -0.4 is 11.1 Å². The molecule has 2 aromatic rings. The van der Waals surface area contributed by atoms with Crippen molar-refractivity contribution in [1.82, 2.24) is 14.7 Å². The van der Waals surface area contributed by atoms with Gasteiger partial charge in [0, 0.05) is 18.8 Å². The standard InChI is InChI=1S/C19H25N5O2/c20-18(25)14-23-13-16(11-21-23)22-19(26)24(17-9-5-2-6-10-17)12-15-7-3-1-4-8-15/h1,3-4,7-8,11,13,17H,2,5-6,9-10,12,14H2,(H2,20,25)(H,22,26). The van der Waals surface area contributed by atoms with Crippen LogP contribution in [0.5, 0.6) is 0 Å². The largest absolute Gasteiger partial charge is 0.368 e. The van der Waals surface area contributed by atoms with Gasteiger partial charge in [-0.2, -0.15) is 5.10 Å². The summed E-state index contributed by atoms with van der Waals surface area (Å²) in [5, 5.41) is 6.95. The Bertz CT molecular complexity index is 737. The summed E-state index contributed by atoms with van der Waals surface area (Å²) in [7, 11) is 0. The van der Waals surface area contributed by atoms with Gasteiger partial charge in [-0.05, 0) is 18.4 Å². The Balaban J connectivity index is 1.71. The molecular formula is C19H25N5O2. The third kappa shape index (κ3) is 4.84. The summed E-state index contributed by atoms with van der Waals surface area (Å²) in [4.78, 5) is 25.8. The predicted molar refractivity (Wildman–Crippen MR) is 99.3 cm³/mol. The number of aromatic nitrogens is 2. The molecule has 0 aliphatic heterocycles. The van der Waals surface area contributed by atoms with Gasteiger partial charge in [0.2, 0.25) is 5.91 Å². The maximum absolute atomic E-state index is 12.9. The number of anilines is 1. The molecule has 0 spiro atoms. The highest BCUT2D eigenvalue weighted by Gasteiger charge is 2.26. The second kappa shape index (κ2) is 8.51. The Kier molecular flexibility index (Phi) is 5.88. The number of hydrogen-bond acceptors (Lipinski definition) is 3. The van der Waals surface area contributed by atoms with E-state index in [0.29, 0.717) is 12.2 Å². The fourth-order valence-corrected chi connectivity index (χ4v) is 3.41. The number of nitrogens with two attached hydrogens (primary N) is 1. The SMILES string of the molecule is NC(=O)Cn1cc(NC(=O)N(Cc2ccccc2)C2CCCCC2)cn1. The van der Waals surface area contributed by atoms with Gasteiger partial charge in [0.05, 0.1) is 11.9 Å². The first-order valence-electron chi connectivity index (χ1n) is 9.04. The molecule has 7 heteroatoms. The molecule has 1 aliphatic rings. The lowest BCUT2D eigenvalue weighted by atomic mass is 9.94. The van der Waals surface area contributed by atoms with Crippen LogP contribution in [0.2, 0.25) is 0 Å². The summed E-state index contributed by atoms with van der Waals surface area (Å²) in [5.41, 5.74) is 6.84. The number of nitrogens with one attached hydrogen (secondary N) is 1. The Morgan fingerprint density at radius 1 is 1.19 bits per heavy atom. The van der Waals surface area contributed by atoms with Gasteiger partial charge in [0.25, 0.3) is 0 Å². The Morgan fingerprint density at radius 2 is 1.92 bits per heavy atom. The molecule has 0 bridgehead atoms. The first-order valence-corrected chi connectivity index (χ1v) is 9.04.